The summed E-state index contributed by atoms with van der Waals surface area (Å²) in [5.74, 6) is -1.09. The number of amides is 1. The second-order valence-corrected chi connectivity index (χ2v) is 5.38. The van der Waals surface area contributed by atoms with E-state index in [1.807, 2.05) is 0 Å². The van der Waals surface area contributed by atoms with Crippen molar-refractivity contribution in [2.45, 2.75) is 12.8 Å². The van der Waals surface area contributed by atoms with Crippen molar-refractivity contribution in [3.63, 3.8) is 0 Å². The van der Waals surface area contributed by atoms with Gasteiger partial charge in [-0.05, 0) is 31.0 Å². The van der Waals surface area contributed by atoms with Crippen LogP contribution in [0.25, 0.3) is 0 Å². The number of rotatable bonds is 6. The normalized spacial score (nSPS) is 15.3. The van der Waals surface area contributed by atoms with E-state index in [1.165, 1.54) is 25.3 Å². The lowest BCUT2D eigenvalue weighted by molar-refractivity contribution is 0.0600. The van der Waals surface area contributed by atoms with Crippen LogP contribution in [0.5, 0.6) is 5.75 Å². The molecular weight excluding hydrogens is 274 g/mol. The largest absolute Gasteiger partial charge is 0.508 e. The van der Waals surface area contributed by atoms with Crippen molar-refractivity contribution in [1.82, 2.24) is 5.32 Å². The number of benzene rings is 1. The van der Waals surface area contributed by atoms with Crippen LogP contribution >= 0.6 is 0 Å². The van der Waals surface area contributed by atoms with Crippen LogP contribution in [0.15, 0.2) is 18.2 Å². The van der Waals surface area contributed by atoms with Gasteiger partial charge in [0, 0.05) is 24.6 Å². The first kappa shape index (κ1) is 15.3. The molecule has 0 aromatic heterocycles. The molecule has 2 rings (SSSR count). The average Bonchev–Trinajstić information content (AvgIpc) is 3.23. The molecule has 114 valence electrons. The highest BCUT2D eigenvalue weighted by atomic mass is 16.5. The molecule has 1 aromatic rings. The van der Waals surface area contributed by atoms with Gasteiger partial charge >= 0.3 is 5.97 Å². The first-order valence-electron chi connectivity index (χ1n) is 6.69. The molecule has 21 heavy (non-hydrogen) atoms. The van der Waals surface area contributed by atoms with E-state index in [1.54, 1.807) is 7.11 Å². The standard InChI is InChI=1S/C15H19NO5/c1-20-9-15(3-4-15)8-16-13(18)10-5-11(14(19)21-2)7-12(17)6-10/h5-7,17H,3-4,8-9H2,1-2H3,(H,16,18). The lowest BCUT2D eigenvalue weighted by atomic mass is 10.1. The molecule has 6 heteroatoms. The number of phenolic OH excluding ortho intramolecular Hbond substituents is 1. The molecule has 0 unspecified atom stereocenters. The highest BCUT2D eigenvalue weighted by Crippen LogP contribution is 2.45. The quantitative estimate of drug-likeness (QED) is 0.773. The number of carbonyl (C=O) groups excluding carboxylic acids is 2. The number of hydrogen-bond acceptors (Lipinski definition) is 5. The van der Waals surface area contributed by atoms with E-state index in [0.717, 1.165) is 12.8 Å². The number of aromatic hydroxyl groups is 1. The second-order valence-electron chi connectivity index (χ2n) is 5.38. The third-order valence-corrected chi connectivity index (χ3v) is 3.63. The predicted octanol–water partition coefficient (Wildman–Crippen LogP) is 1.34. The number of ether oxygens (including phenoxy) is 2. The number of nitrogens with one attached hydrogen (secondary N) is 1. The molecule has 6 nitrogen and oxygen atoms in total. The van der Waals surface area contributed by atoms with Gasteiger partial charge in [-0.3, -0.25) is 4.79 Å². The number of phenols is 1. The Bertz CT molecular complexity index is 551. The Morgan fingerprint density at radius 1 is 1.24 bits per heavy atom. The van der Waals surface area contributed by atoms with Gasteiger partial charge in [-0.2, -0.15) is 0 Å². The minimum atomic E-state index is -0.599. The molecule has 0 radical (unpaired) electrons. The van der Waals surface area contributed by atoms with Gasteiger partial charge in [0.05, 0.1) is 19.3 Å². The van der Waals surface area contributed by atoms with Gasteiger partial charge in [-0.25, -0.2) is 4.79 Å². The highest BCUT2D eigenvalue weighted by Gasteiger charge is 2.42. The molecule has 0 aliphatic heterocycles. The summed E-state index contributed by atoms with van der Waals surface area (Å²) in [6, 6.07) is 3.98. The lowest BCUT2D eigenvalue weighted by Gasteiger charge is -2.15. The molecule has 0 spiro atoms. The van der Waals surface area contributed by atoms with Crippen LogP contribution in [0.2, 0.25) is 0 Å². The van der Waals surface area contributed by atoms with Crippen molar-refractivity contribution in [3.8, 4) is 5.75 Å². The van der Waals surface area contributed by atoms with E-state index in [-0.39, 0.29) is 28.2 Å². The van der Waals surface area contributed by atoms with Crippen LogP contribution in [0.1, 0.15) is 33.6 Å². The summed E-state index contributed by atoms with van der Waals surface area (Å²) >= 11 is 0. The van der Waals surface area contributed by atoms with Crippen molar-refractivity contribution in [2.24, 2.45) is 5.41 Å². The Hall–Kier alpha value is -2.08. The maximum Gasteiger partial charge on any atom is 0.338 e. The summed E-state index contributed by atoms with van der Waals surface area (Å²) in [7, 11) is 2.88. The summed E-state index contributed by atoms with van der Waals surface area (Å²) in [4.78, 5) is 23.6. The van der Waals surface area contributed by atoms with Crippen molar-refractivity contribution in [3.05, 3.63) is 29.3 Å². The number of carbonyl (C=O) groups is 2. The van der Waals surface area contributed by atoms with Crippen LogP contribution < -0.4 is 5.32 Å². The van der Waals surface area contributed by atoms with Gasteiger partial charge in [0.25, 0.3) is 5.91 Å². The molecule has 0 atom stereocenters. The molecule has 0 heterocycles. The summed E-state index contributed by atoms with van der Waals surface area (Å²) in [6.07, 6.45) is 2.04. The SMILES string of the molecule is COCC1(CNC(=O)c2cc(O)cc(C(=O)OC)c2)CC1. The maximum atomic E-state index is 12.1. The van der Waals surface area contributed by atoms with Gasteiger partial charge in [0.1, 0.15) is 5.75 Å². The van der Waals surface area contributed by atoms with Crippen molar-refractivity contribution in [1.29, 1.82) is 0 Å². The topological polar surface area (TPSA) is 84.9 Å². The molecule has 1 fully saturated rings. The second kappa shape index (κ2) is 6.13. The smallest absolute Gasteiger partial charge is 0.338 e. The minimum Gasteiger partial charge on any atom is -0.508 e. The fourth-order valence-electron chi connectivity index (χ4n) is 2.20. The number of esters is 1. The zero-order valence-corrected chi connectivity index (χ0v) is 12.1. The third kappa shape index (κ3) is 3.72. The summed E-state index contributed by atoms with van der Waals surface area (Å²) in [5.41, 5.74) is 0.399. The third-order valence-electron chi connectivity index (χ3n) is 3.63. The molecule has 2 N–H and O–H groups in total. The number of hydrogen-bond donors (Lipinski definition) is 2. The summed E-state index contributed by atoms with van der Waals surface area (Å²) < 4.78 is 9.72. The van der Waals surface area contributed by atoms with Crippen molar-refractivity contribution >= 4 is 11.9 Å². The van der Waals surface area contributed by atoms with E-state index in [9.17, 15) is 14.7 Å². The maximum absolute atomic E-state index is 12.1. The van der Waals surface area contributed by atoms with Crippen LogP contribution in [-0.2, 0) is 9.47 Å². The van der Waals surface area contributed by atoms with E-state index < -0.39 is 5.97 Å². The van der Waals surface area contributed by atoms with E-state index in [0.29, 0.717) is 13.2 Å². The Morgan fingerprint density at radius 3 is 2.48 bits per heavy atom. The molecule has 1 saturated carbocycles. The predicted molar refractivity (Wildman–Crippen MR) is 75.3 cm³/mol. The van der Waals surface area contributed by atoms with Crippen LogP contribution in [0, 0.1) is 5.41 Å². The minimum absolute atomic E-state index is 0.0341. The highest BCUT2D eigenvalue weighted by molar-refractivity contribution is 5.98. The molecule has 0 saturated heterocycles. The zero-order valence-electron chi connectivity index (χ0n) is 12.1. The lowest BCUT2D eigenvalue weighted by Crippen LogP contribution is -2.32. The summed E-state index contributed by atoms with van der Waals surface area (Å²) in [6.45, 7) is 1.13. The van der Waals surface area contributed by atoms with Crippen LogP contribution in [-0.4, -0.2) is 44.4 Å². The molecular formula is C15H19NO5. The Kier molecular flexibility index (Phi) is 4.47. The van der Waals surface area contributed by atoms with E-state index in [2.05, 4.69) is 10.1 Å². The number of methoxy groups -OCH3 is 2. The van der Waals surface area contributed by atoms with Crippen LogP contribution in [0.4, 0.5) is 0 Å². The van der Waals surface area contributed by atoms with Gasteiger partial charge < -0.3 is 19.9 Å². The Morgan fingerprint density at radius 2 is 1.90 bits per heavy atom. The molecule has 1 amide bonds. The van der Waals surface area contributed by atoms with E-state index >= 15 is 0 Å². The van der Waals surface area contributed by atoms with Crippen molar-refractivity contribution in [2.75, 3.05) is 27.4 Å². The molecule has 1 aliphatic carbocycles. The molecule has 1 aliphatic rings. The fourth-order valence-corrected chi connectivity index (χ4v) is 2.20. The van der Waals surface area contributed by atoms with Gasteiger partial charge in [0.15, 0.2) is 0 Å². The Labute approximate surface area is 123 Å². The Balaban J connectivity index is 2.05. The van der Waals surface area contributed by atoms with Crippen LogP contribution in [0.3, 0.4) is 0 Å². The average molecular weight is 293 g/mol. The molecule has 1 aromatic carbocycles. The van der Waals surface area contributed by atoms with Gasteiger partial charge in [-0.1, -0.05) is 0 Å². The summed E-state index contributed by atoms with van der Waals surface area (Å²) in [5, 5.41) is 12.4. The fraction of sp³-hybridized carbons (Fsp3) is 0.467. The monoisotopic (exact) mass is 293 g/mol. The van der Waals surface area contributed by atoms with Gasteiger partial charge in [0.2, 0.25) is 0 Å². The first-order chi connectivity index (χ1) is 9.99. The first-order valence-corrected chi connectivity index (χ1v) is 6.69. The molecule has 0 bridgehead atoms. The van der Waals surface area contributed by atoms with E-state index in [4.69, 9.17) is 4.74 Å². The van der Waals surface area contributed by atoms with Gasteiger partial charge in [-0.15, -0.1) is 0 Å². The zero-order chi connectivity index (χ0) is 15.5. The van der Waals surface area contributed by atoms with Crippen molar-refractivity contribution < 1.29 is 24.2 Å².